The van der Waals surface area contributed by atoms with Crippen molar-refractivity contribution in [3.8, 4) is 0 Å². The summed E-state index contributed by atoms with van der Waals surface area (Å²) in [5.74, 6) is 1.86. The van der Waals surface area contributed by atoms with Gasteiger partial charge in [0.1, 0.15) is 0 Å². The first-order chi connectivity index (χ1) is 9.13. The van der Waals surface area contributed by atoms with Crippen molar-refractivity contribution >= 4 is 16.3 Å². The number of aromatic nitrogens is 2. The fraction of sp³-hybridized carbons (Fsp3) is 0.667. The first-order valence-corrected chi connectivity index (χ1v) is 8.10. The SMILES string of the molecule is CC(C)C1CCC(O)C(Cc2cn3ccsc3n2)C1. The predicted molar refractivity (Wildman–Crippen MR) is 78.4 cm³/mol. The third-order valence-electron chi connectivity index (χ3n) is 4.54. The first kappa shape index (κ1) is 13.1. The van der Waals surface area contributed by atoms with Crippen LogP contribution < -0.4 is 0 Å². The van der Waals surface area contributed by atoms with Crippen LogP contribution in [0.3, 0.4) is 0 Å². The number of thiazole rings is 1. The number of nitrogens with zero attached hydrogens (tertiary/aromatic N) is 2. The lowest BCUT2D eigenvalue weighted by Gasteiger charge is -2.35. The Bertz CT molecular complexity index is 517. The average Bonchev–Trinajstić information content (AvgIpc) is 2.92. The van der Waals surface area contributed by atoms with Crippen LogP contribution in [0.1, 0.15) is 38.8 Å². The molecule has 3 atom stereocenters. The standard InChI is InChI=1S/C15H22N2OS/c1-10(2)11-3-4-14(18)12(7-11)8-13-9-17-5-6-19-15(17)16-13/h5-6,9-12,14,18H,3-4,7-8H2,1-2H3. The van der Waals surface area contributed by atoms with E-state index in [-0.39, 0.29) is 6.10 Å². The van der Waals surface area contributed by atoms with Gasteiger partial charge in [0.05, 0.1) is 11.8 Å². The molecule has 0 spiro atoms. The van der Waals surface area contributed by atoms with E-state index in [1.165, 1.54) is 6.42 Å². The molecule has 1 saturated carbocycles. The largest absolute Gasteiger partial charge is 0.393 e. The molecule has 4 heteroatoms. The third-order valence-corrected chi connectivity index (χ3v) is 5.31. The van der Waals surface area contributed by atoms with E-state index in [9.17, 15) is 5.11 Å². The van der Waals surface area contributed by atoms with Crippen LogP contribution in [0.15, 0.2) is 17.8 Å². The first-order valence-electron chi connectivity index (χ1n) is 7.22. The van der Waals surface area contributed by atoms with Gasteiger partial charge in [-0.1, -0.05) is 13.8 Å². The Hall–Kier alpha value is -0.870. The van der Waals surface area contributed by atoms with Gasteiger partial charge in [-0.05, 0) is 43.4 Å². The Kier molecular flexibility index (Phi) is 3.63. The van der Waals surface area contributed by atoms with Gasteiger partial charge in [0, 0.05) is 17.8 Å². The molecular weight excluding hydrogens is 256 g/mol. The molecule has 3 rings (SSSR count). The second-order valence-electron chi connectivity index (χ2n) is 6.17. The van der Waals surface area contributed by atoms with Crippen LogP contribution in [0.4, 0.5) is 0 Å². The molecular formula is C15H22N2OS. The quantitative estimate of drug-likeness (QED) is 0.934. The summed E-state index contributed by atoms with van der Waals surface area (Å²) in [6.07, 6.45) is 8.20. The summed E-state index contributed by atoms with van der Waals surface area (Å²) in [6.45, 7) is 4.60. The molecule has 0 aromatic carbocycles. The topological polar surface area (TPSA) is 37.5 Å². The van der Waals surface area contributed by atoms with E-state index in [1.54, 1.807) is 11.3 Å². The summed E-state index contributed by atoms with van der Waals surface area (Å²) < 4.78 is 2.08. The van der Waals surface area contributed by atoms with Gasteiger partial charge in [0.15, 0.2) is 4.96 Å². The van der Waals surface area contributed by atoms with Crippen molar-refractivity contribution in [1.82, 2.24) is 9.38 Å². The van der Waals surface area contributed by atoms with Crippen LogP contribution in [0, 0.1) is 17.8 Å². The van der Waals surface area contributed by atoms with Gasteiger partial charge in [-0.3, -0.25) is 4.40 Å². The maximum atomic E-state index is 10.2. The van der Waals surface area contributed by atoms with Gasteiger partial charge in [0.2, 0.25) is 0 Å². The van der Waals surface area contributed by atoms with E-state index < -0.39 is 0 Å². The zero-order valence-corrected chi connectivity index (χ0v) is 12.4. The minimum atomic E-state index is -0.144. The van der Waals surface area contributed by atoms with Crippen LogP contribution in [0.2, 0.25) is 0 Å². The van der Waals surface area contributed by atoms with Crippen molar-refractivity contribution in [3.05, 3.63) is 23.5 Å². The maximum absolute atomic E-state index is 10.2. The van der Waals surface area contributed by atoms with E-state index in [4.69, 9.17) is 0 Å². The third kappa shape index (κ3) is 2.70. The Morgan fingerprint density at radius 3 is 3.05 bits per heavy atom. The van der Waals surface area contributed by atoms with E-state index in [1.807, 2.05) is 6.20 Å². The lowest BCUT2D eigenvalue weighted by atomic mass is 9.73. The molecule has 0 amide bonds. The number of hydrogen-bond donors (Lipinski definition) is 1. The molecule has 0 radical (unpaired) electrons. The number of aliphatic hydroxyl groups is 1. The lowest BCUT2D eigenvalue weighted by molar-refractivity contribution is 0.0375. The molecule has 104 valence electrons. The summed E-state index contributed by atoms with van der Waals surface area (Å²) in [5, 5.41) is 12.3. The summed E-state index contributed by atoms with van der Waals surface area (Å²) >= 11 is 1.67. The molecule has 1 N–H and O–H groups in total. The van der Waals surface area contributed by atoms with Crippen LogP contribution in [-0.4, -0.2) is 20.6 Å². The molecule has 0 aliphatic heterocycles. The van der Waals surface area contributed by atoms with E-state index in [0.717, 1.165) is 41.8 Å². The van der Waals surface area contributed by atoms with Crippen molar-refractivity contribution in [1.29, 1.82) is 0 Å². The van der Waals surface area contributed by atoms with E-state index >= 15 is 0 Å². The Balaban J connectivity index is 1.71. The summed E-state index contributed by atoms with van der Waals surface area (Å²) in [4.78, 5) is 5.70. The molecule has 3 nitrogen and oxygen atoms in total. The van der Waals surface area contributed by atoms with Crippen LogP contribution in [-0.2, 0) is 6.42 Å². The minimum Gasteiger partial charge on any atom is -0.393 e. The highest BCUT2D eigenvalue weighted by atomic mass is 32.1. The van der Waals surface area contributed by atoms with Crippen LogP contribution in [0.5, 0.6) is 0 Å². The lowest BCUT2D eigenvalue weighted by Crippen LogP contribution is -2.32. The molecule has 1 aliphatic carbocycles. The highest BCUT2D eigenvalue weighted by Crippen LogP contribution is 2.35. The van der Waals surface area contributed by atoms with E-state index in [0.29, 0.717) is 5.92 Å². The molecule has 2 aromatic rings. The summed E-state index contributed by atoms with van der Waals surface area (Å²) in [7, 11) is 0. The average molecular weight is 278 g/mol. The zero-order chi connectivity index (χ0) is 13.4. The summed E-state index contributed by atoms with van der Waals surface area (Å²) in [6, 6.07) is 0. The molecule has 2 aromatic heterocycles. The van der Waals surface area contributed by atoms with Gasteiger partial charge in [-0.15, -0.1) is 11.3 Å². The maximum Gasteiger partial charge on any atom is 0.193 e. The predicted octanol–water partition coefficient (Wildman–Crippen LogP) is 3.37. The number of aliphatic hydroxyl groups excluding tert-OH is 1. The van der Waals surface area contributed by atoms with Gasteiger partial charge < -0.3 is 5.11 Å². The van der Waals surface area contributed by atoms with Crippen molar-refractivity contribution in [2.24, 2.45) is 17.8 Å². The van der Waals surface area contributed by atoms with Crippen LogP contribution in [0.25, 0.3) is 4.96 Å². The molecule has 1 fully saturated rings. The zero-order valence-electron chi connectivity index (χ0n) is 11.6. The van der Waals surface area contributed by atoms with Gasteiger partial charge >= 0.3 is 0 Å². The second-order valence-corrected chi connectivity index (χ2v) is 7.05. The van der Waals surface area contributed by atoms with Crippen molar-refractivity contribution < 1.29 is 5.11 Å². The summed E-state index contributed by atoms with van der Waals surface area (Å²) in [5.41, 5.74) is 1.13. The van der Waals surface area contributed by atoms with Crippen molar-refractivity contribution in [2.45, 2.75) is 45.6 Å². The number of imidazole rings is 1. The second kappa shape index (κ2) is 5.25. The Morgan fingerprint density at radius 1 is 1.47 bits per heavy atom. The molecule has 1 aliphatic rings. The highest BCUT2D eigenvalue weighted by molar-refractivity contribution is 7.15. The minimum absolute atomic E-state index is 0.144. The number of fused-ring (bicyclic) bond motifs is 1. The smallest absolute Gasteiger partial charge is 0.193 e. The highest BCUT2D eigenvalue weighted by Gasteiger charge is 2.31. The van der Waals surface area contributed by atoms with Crippen LogP contribution >= 0.6 is 11.3 Å². The Morgan fingerprint density at radius 2 is 2.32 bits per heavy atom. The molecule has 0 saturated heterocycles. The Labute approximate surface area is 118 Å². The van der Waals surface area contributed by atoms with Gasteiger partial charge in [0.25, 0.3) is 0 Å². The number of hydrogen-bond acceptors (Lipinski definition) is 3. The normalized spacial score (nSPS) is 28.3. The monoisotopic (exact) mass is 278 g/mol. The molecule has 3 unspecified atom stereocenters. The molecule has 0 bridgehead atoms. The number of rotatable bonds is 3. The van der Waals surface area contributed by atoms with Crippen molar-refractivity contribution in [2.75, 3.05) is 0 Å². The van der Waals surface area contributed by atoms with E-state index in [2.05, 4.69) is 34.8 Å². The fourth-order valence-electron chi connectivity index (χ4n) is 3.25. The van der Waals surface area contributed by atoms with Gasteiger partial charge in [-0.25, -0.2) is 4.98 Å². The van der Waals surface area contributed by atoms with Gasteiger partial charge in [-0.2, -0.15) is 0 Å². The molecule has 19 heavy (non-hydrogen) atoms. The fourth-order valence-corrected chi connectivity index (χ4v) is 3.97. The molecule has 2 heterocycles. The van der Waals surface area contributed by atoms with Crippen molar-refractivity contribution in [3.63, 3.8) is 0 Å².